The number of carbonyl (C=O) groups is 1. The molecule has 0 unspecified atom stereocenters. The van der Waals surface area contributed by atoms with Crippen molar-refractivity contribution in [3.63, 3.8) is 0 Å². The molecule has 1 aliphatic rings. The zero-order valence-electron chi connectivity index (χ0n) is 11.2. The Morgan fingerprint density at radius 2 is 2.00 bits per heavy atom. The van der Waals surface area contributed by atoms with Gasteiger partial charge in [-0.15, -0.1) is 0 Å². The summed E-state index contributed by atoms with van der Waals surface area (Å²) in [5.41, 5.74) is 1.42. The summed E-state index contributed by atoms with van der Waals surface area (Å²) in [6.07, 6.45) is 2.10. The van der Waals surface area contributed by atoms with Gasteiger partial charge < -0.3 is 15.6 Å². The highest BCUT2D eigenvalue weighted by molar-refractivity contribution is 6.03. The molecule has 0 bridgehead atoms. The number of aromatic nitrogens is 2. The van der Waals surface area contributed by atoms with Crippen LogP contribution in [0.2, 0.25) is 0 Å². The van der Waals surface area contributed by atoms with E-state index in [1.165, 1.54) is 5.56 Å². The van der Waals surface area contributed by atoms with E-state index in [0.717, 1.165) is 31.1 Å². The summed E-state index contributed by atoms with van der Waals surface area (Å²) in [6.45, 7) is 0.909. The van der Waals surface area contributed by atoms with Crippen LogP contribution in [-0.4, -0.2) is 22.4 Å². The van der Waals surface area contributed by atoms with Gasteiger partial charge in [-0.3, -0.25) is 14.6 Å². The summed E-state index contributed by atoms with van der Waals surface area (Å²) < 4.78 is 0. The van der Waals surface area contributed by atoms with E-state index in [1.807, 2.05) is 17.1 Å². The van der Waals surface area contributed by atoms with Crippen LogP contribution in [-0.2, 0) is 6.42 Å². The van der Waals surface area contributed by atoms with E-state index in [9.17, 15) is 14.4 Å². The first-order chi connectivity index (χ1) is 10.1. The van der Waals surface area contributed by atoms with Crippen molar-refractivity contribution in [3.05, 3.63) is 56.4 Å². The molecule has 2 heterocycles. The molecule has 0 fully saturated rings. The summed E-state index contributed by atoms with van der Waals surface area (Å²) >= 11 is 0. The van der Waals surface area contributed by atoms with Gasteiger partial charge in [-0.25, -0.2) is 4.79 Å². The van der Waals surface area contributed by atoms with E-state index in [1.54, 1.807) is 6.07 Å². The van der Waals surface area contributed by atoms with Crippen molar-refractivity contribution in [1.82, 2.24) is 9.97 Å². The molecule has 1 aliphatic heterocycles. The molecule has 0 saturated heterocycles. The van der Waals surface area contributed by atoms with Gasteiger partial charge in [0.1, 0.15) is 5.69 Å². The van der Waals surface area contributed by atoms with Crippen molar-refractivity contribution in [2.75, 3.05) is 17.2 Å². The van der Waals surface area contributed by atoms with Crippen LogP contribution in [0, 0.1) is 0 Å². The van der Waals surface area contributed by atoms with E-state index in [-0.39, 0.29) is 5.69 Å². The number of nitrogens with one attached hydrogen (secondary N) is 4. The highest BCUT2D eigenvalue weighted by Crippen LogP contribution is 2.25. The standard InChI is InChI=1S/C14H14N4O3/c19-12-7-11(17-14(21)18-12)13(20)16-9-4-3-8-2-1-5-15-10(8)6-9/h3-4,6-7,15H,1-2,5H2,(H,16,20)(H2,17,18,19,21). The molecule has 1 aromatic heterocycles. The van der Waals surface area contributed by atoms with Crippen LogP contribution in [0.25, 0.3) is 0 Å². The molecular formula is C14H14N4O3. The second kappa shape index (κ2) is 5.28. The lowest BCUT2D eigenvalue weighted by molar-refractivity contribution is 0.102. The number of aryl methyl sites for hydroxylation is 1. The Morgan fingerprint density at radius 3 is 2.81 bits per heavy atom. The Hall–Kier alpha value is -2.83. The SMILES string of the molecule is O=C(Nc1ccc2c(c1)NCCC2)c1cc(=O)[nH]c(=O)[nH]1. The van der Waals surface area contributed by atoms with Crippen molar-refractivity contribution in [2.45, 2.75) is 12.8 Å². The Bertz CT molecular complexity index is 778. The Morgan fingerprint density at radius 1 is 1.14 bits per heavy atom. The fraction of sp³-hybridized carbons (Fsp3) is 0.214. The maximum absolute atomic E-state index is 12.0. The third-order valence-corrected chi connectivity index (χ3v) is 3.31. The summed E-state index contributed by atoms with van der Waals surface area (Å²) in [6, 6.07) is 6.65. The molecule has 0 radical (unpaired) electrons. The number of fused-ring (bicyclic) bond motifs is 1. The van der Waals surface area contributed by atoms with Crippen LogP contribution in [0.4, 0.5) is 11.4 Å². The smallest absolute Gasteiger partial charge is 0.326 e. The van der Waals surface area contributed by atoms with E-state index in [0.29, 0.717) is 5.69 Å². The summed E-state index contributed by atoms with van der Waals surface area (Å²) in [4.78, 5) is 38.7. The van der Waals surface area contributed by atoms with Crippen LogP contribution in [0.5, 0.6) is 0 Å². The van der Waals surface area contributed by atoms with E-state index in [2.05, 4.69) is 15.6 Å². The van der Waals surface area contributed by atoms with Crippen LogP contribution in [0.1, 0.15) is 22.5 Å². The molecule has 0 saturated carbocycles. The zero-order valence-corrected chi connectivity index (χ0v) is 11.2. The number of rotatable bonds is 2. The number of H-pyrrole nitrogens is 2. The number of carbonyl (C=O) groups excluding carboxylic acids is 1. The van der Waals surface area contributed by atoms with Crippen molar-refractivity contribution < 1.29 is 4.79 Å². The molecule has 1 amide bonds. The first kappa shape index (κ1) is 13.2. The molecule has 4 N–H and O–H groups in total. The van der Waals surface area contributed by atoms with Crippen LogP contribution < -0.4 is 21.9 Å². The molecule has 0 aliphatic carbocycles. The van der Waals surface area contributed by atoms with Gasteiger partial charge in [0, 0.05) is 24.0 Å². The summed E-state index contributed by atoms with van der Waals surface area (Å²) in [5.74, 6) is -0.533. The van der Waals surface area contributed by atoms with Gasteiger partial charge in [-0.05, 0) is 30.5 Å². The normalized spacial score (nSPS) is 13.1. The van der Waals surface area contributed by atoms with Gasteiger partial charge in [0.25, 0.3) is 11.5 Å². The number of hydrogen-bond donors (Lipinski definition) is 4. The molecule has 108 valence electrons. The molecule has 7 nitrogen and oxygen atoms in total. The molecule has 21 heavy (non-hydrogen) atoms. The lowest BCUT2D eigenvalue weighted by atomic mass is 10.0. The maximum Gasteiger partial charge on any atom is 0.326 e. The molecule has 2 aromatic rings. The van der Waals surface area contributed by atoms with E-state index in [4.69, 9.17) is 0 Å². The van der Waals surface area contributed by atoms with Crippen molar-refractivity contribution in [2.24, 2.45) is 0 Å². The monoisotopic (exact) mass is 286 g/mol. The van der Waals surface area contributed by atoms with Gasteiger partial charge in [0.2, 0.25) is 0 Å². The predicted molar refractivity (Wildman–Crippen MR) is 78.9 cm³/mol. The largest absolute Gasteiger partial charge is 0.385 e. The molecular weight excluding hydrogens is 272 g/mol. The number of anilines is 2. The minimum atomic E-state index is -0.709. The second-order valence-corrected chi connectivity index (χ2v) is 4.86. The number of benzene rings is 1. The van der Waals surface area contributed by atoms with Crippen LogP contribution >= 0.6 is 0 Å². The molecule has 1 aromatic carbocycles. The van der Waals surface area contributed by atoms with Gasteiger partial charge in [-0.2, -0.15) is 0 Å². The van der Waals surface area contributed by atoms with E-state index >= 15 is 0 Å². The van der Waals surface area contributed by atoms with Gasteiger partial charge in [0.05, 0.1) is 0 Å². The molecule has 3 rings (SSSR count). The Labute approximate surface area is 119 Å². The minimum absolute atomic E-state index is 0.0746. The number of amides is 1. The third kappa shape index (κ3) is 2.86. The average molecular weight is 286 g/mol. The fourth-order valence-corrected chi connectivity index (χ4v) is 2.33. The van der Waals surface area contributed by atoms with Crippen molar-refractivity contribution in [1.29, 1.82) is 0 Å². The van der Waals surface area contributed by atoms with Gasteiger partial charge in [0.15, 0.2) is 0 Å². The molecule has 7 heteroatoms. The predicted octanol–water partition coefficient (Wildman–Crippen LogP) is 0.674. The summed E-state index contributed by atoms with van der Waals surface area (Å²) in [5, 5.41) is 5.93. The average Bonchev–Trinajstić information content (AvgIpc) is 2.46. The van der Waals surface area contributed by atoms with Gasteiger partial charge in [-0.1, -0.05) is 6.07 Å². The second-order valence-electron chi connectivity index (χ2n) is 4.86. The summed E-state index contributed by atoms with van der Waals surface area (Å²) in [7, 11) is 0. The number of aromatic amines is 2. The minimum Gasteiger partial charge on any atom is -0.385 e. The maximum atomic E-state index is 12.0. The molecule has 0 atom stereocenters. The highest BCUT2D eigenvalue weighted by atomic mass is 16.2. The lowest BCUT2D eigenvalue weighted by Crippen LogP contribution is -2.27. The lowest BCUT2D eigenvalue weighted by Gasteiger charge is -2.18. The topological polar surface area (TPSA) is 107 Å². The van der Waals surface area contributed by atoms with Crippen molar-refractivity contribution >= 4 is 17.3 Å². The molecule has 0 spiro atoms. The number of hydrogen-bond acceptors (Lipinski definition) is 4. The Kier molecular flexibility index (Phi) is 3.31. The third-order valence-electron chi connectivity index (χ3n) is 3.31. The van der Waals surface area contributed by atoms with Crippen LogP contribution in [0.15, 0.2) is 33.9 Å². The highest BCUT2D eigenvalue weighted by Gasteiger charge is 2.12. The zero-order chi connectivity index (χ0) is 14.8. The Balaban J connectivity index is 1.84. The van der Waals surface area contributed by atoms with E-state index < -0.39 is 17.2 Å². The van der Waals surface area contributed by atoms with Crippen LogP contribution in [0.3, 0.4) is 0 Å². The fourth-order valence-electron chi connectivity index (χ4n) is 2.33. The quantitative estimate of drug-likeness (QED) is 0.651. The first-order valence-corrected chi connectivity index (χ1v) is 6.63. The van der Waals surface area contributed by atoms with Gasteiger partial charge >= 0.3 is 5.69 Å². The first-order valence-electron chi connectivity index (χ1n) is 6.63. The van der Waals surface area contributed by atoms with Crippen molar-refractivity contribution in [3.8, 4) is 0 Å².